The van der Waals surface area contributed by atoms with Crippen LogP contribution in [-0.4, -0.2) is 11.5 Å². The Hall–Kier alpha value is -0.780. The number of thiazole rings is 1. The van der Waals surface area contributed by atoms with Crippen LogP contribution in [0.5, 0.6) is 0 Å². The molecule has 0 saturated carbocycles. The molecule has 0 aliphatic heterocycles. The van der Waals surface area contributed by atoms with Crippen LogP contribution in [0, 0.1) is 12.7 Å². The van der Waals surface area contributed by atoms with Gasteiger partial charge in [-0.05, 0) is 47.4 Å². The highest BCUT2D eigenvalue weighted by atomic mass is 79.9. The van der Waals surface area contributed by atoms with Crippen LogP contribution in [0.1, 0.15) is 29.2 Å². The van der Waals surface area contributed by atoms with Crippen molar-refractivity contribution in [2.45, 2.75) is 26.3 Å². The fourth-order valence-corrected chi connectivity index (χ4v) is 3.09. The molecule has 0 bridgehead atoms. The lowest BCUT2D eigenvalue weighted by Crippen LogP contribution is -2.23. The van der Waals surface area contributed by atoms with E-state index < -0.39 is 0 Å². The zero-order valence-electron chi connectivity index (χ0n) is 10.9. The molecular formula is C14H16BrFN2S. The second-order valence-corrected chi connectivity index (χ2v) is 6.17. The van der Waals surface area contributed by atoms with Gasteiger partial charge in [0.15, 0.2) is 0 Å². The second kappa shape index (κ2) is 6.59. The van der Waals surface area contributed by atoms with Crippen molar-refractivity contribution in [3.05, 3.63) is 50.1 Å². The molecule has 1 unspecified atom stereocenters. The lowest BCUT2D eigenvalue weighted by molar-refractivity contribution is 0.534. The Morgan fingerprint density at radius 3 is 2.89 bits per heavy atom. The highest BCUT2D eigenvalue weighted by molar-refractivity contribution is 9.10. The van der Waals surface area contributed by atoms with E-state index in [4.69, 9.17) is 0 Å². The average molecular weight is 343 g/mol. The molecule has 0 radical (unpaired) electrons. The molecule has 0 amide bonds. The third kappa shape index (κ3) is 3.61. The minimum atomic E-state index is -0.220. The van der Waals surface area contributed by atoms with Crippen LogP contribution in [0.3, 0.4) is 0 Å². The maximum absolute atomic E-state index is 13.5. The molecule has 0 aliphatic carbocycles. The molecule has 5 heteroatoms. The van der Waals surface area contributed by atoms with E-state index in [1.54, 1.807) is 17.4 Å². The summed E-state index contributed by atoms with van der Waals surface area (Å²) in [5.41, 5.74) is 1.98. The number of aromatic nitrogens is 1. The Balaban J connectivity index is 2.23. The summed E-state index contributed by atoms with van der Waals surface area (Å²) in [5.74, 6) is -0.220. The van der Waals surface area contributed by atoms with Gasteiger partial charge in [-0.25, -0.2) is 9.37 Å². The van der Waals surface area contributed by atoms with E-state index in [1.807, 2.05) is 13.0 Å². The first-order valence-electron chi connectivity index (χ1n) is 6.20. The number of rotatable bonds is 5. The molecule has 2 nitrogen and oxygen atoms in total. The summed E-state index contributed by atoms with van der Waals surface area (Å²) in [6, 6.07) is 5.26. The van der Waals surface area contributed by atoms with Gasteiger partial charge in [0, 0.05) is 5.38 Å². The van der Waals surface area contributed by atoms with Crippen LogP contribution in [-0.2, 0) is 6.42 Å². The van der Waals surface area contributed by atoms with Crippen molar-refractivity contribution in [3.8, 4) is 0 Å². The fourth-order valence-electron chi connectivity index (χ4n) is 1.99. The maximum Gasteiger partial charge on any atom is 0.137 e. The van der Waals surface area contributed by atoms with Crippen molar-refractivity contribution < 1.29 is 4.39 Å². The van der Waals surface area contributed by atoms with E-state index in [2.05, 4.69) is 38.5 Å². The van der Waals surface area contributed by atoms with Gasteiger partial charge in [-0.15, -0.1) is 11.3 Å². The summed E-state index contributed by atoms with van der Waals surface area (Å²) in [6.07, 6.45) is 0.718. The smallest absolute Gasteiger partial charge is 0.137 e. The van der Waals surface area contributed by atoms with Crippen molar-refractivity contribution >= 4 is 27.3 Å². The van der Waals surface area contributed by atoms with Gasteiger partial charge in [0.25, 0.3) is 0 Å². The summed E-state index contributed by atoms with van der Waals surface area (Å²) in [7, 11) is 0. The number of hydrogen-bond donors (Lipinski definition) is 1. The predicted octanol–water partition coefficient (Wildman–Crippen LogP) is 4.25. The van der Waals surface area contributed by atoms with Crippen LogP contribution in [0.2, 0.25) is 0 Å². The van der Waals surface area contributed by atoms with Gasteiger partial charge in [-0.1, -0.05) is 19.1 Å². The van der Waals surface area contributed by atoms with Gasteiger partial charge in [-0.2, -0.15) is 0 Å². The van der Waals surface area contributed by atoms with E-state index in [0.717, 1.165) is 29.2 Å². The Bertz CT molecular complexity index is 556. The fraction of sp³-hybridized carbons (Fsp3) is 0.357. The summed E-state index contributed by atoms with van der Waals surface area (Å²) < 4.78 is 14.1. The molecule has 102 valence electrons. The van der Waals surface area contributed by atoms with Crippen LogP contribution >= 0.6 is 27.3 Å². The van der Waals surface area contributed by atoms with Gasteiger partial charge in [-0.3, -0.25) is 0 Å². The van der Waals surface area contributed by atoms with E-state index in [0.29, 0.717) is 4.47 Å². The van der Waals surface area contributed by atoms with E-state index in [-0.39, 0.29) is 11.9 Å². The van der Waals surface area contributed by atoms with Crippen molar-refractivity contribution in [2.24, 2.45) is 0 Å². The molecule has 1 atom stereocenters. The first-order valence-corrected chi connectivity index (χ1v) is 7.87. The third-order valence-electron chi connectivity index (χ3n) is 2.90. The van der Waals surface area contributed by atoms with Gasteiger partial charge in [0.2, 0.25) is 0 Å². The van der Waals surface area contributed by atoms with Crippen molar-refractivity contribution in [1.82, 2.24) is 10.3 Å². The van der Waals surface area contributed by atoms with E-state index >= 15 is 0 Å². The molecule has 0 saturated heterocycles. The third-order valence-corrected chi connectivity index (χ3v) is 4.58. The number of hydrogen-bond acceptors (Lipinski definition) is 3. The average Bonchev–Trinajstić information content (AvgIpc) is 2.81. The van der Waals surface area contributed by atoms with E-state index in [1.165, 1.54) is 6.07 Å². The lowest BCUT2D eigenvalue weighted by Gasteiger charge is -2.17. The van der Waals surface area contributed by atoms with Crippen molar-refractivity contribution in [2.75, 3.05) is 6.54 Å². The molecule has 1 aromatic heterocycles. The van der Waals surface area contributed by atoms with Crippen LogP contribution in [0.15, 0.2) is 28.1 Å². The normalized spacial score (nSPS) is 12.6. The molecule has 1 heterocycles. The maximum atomic E-state index is 13.5. The van der Waals surface area contributed by atoms with Gasteiger partial charge in [0.05, 0.1) is 21.2 Å². The molecule has 2 rings (SSSR count). The molecule has 1 aromatic carbocycles. The lowest BCUT2D eigenvalue weighted by atomic mass is 10.0. The summed E-state index contributed by atoms with van der Waals surface area (Å²) in [4.78, 5) is 4.52. The number of nitrogens with zero attached hydrogens (tertiary/aromatic N) is 1. The van der Waals surface area contributed by atoms with Crippen LogP contribution in [0.4, 0.5) is 4.39 Å². The Labute approximate surface area is 125 Å². The molecule has 2 aromatic rings. The largest absolute Gasteiger partial charge is 0.309 e. The first-order chi connectivity index (χ1) is 9.11. The monoisotopic (exact) mass is 342 g/mol. The quantitative estimate of drug-likeness (QED) is 0.878. The SMILES string of the molecule is CCNC(Cc1cccc(F)c1Br)c1csc(C)n1. The van der Waals surface area contributed by atoms with Crippen molar-refractivity contribution in [1.29, 1.82) is 0 Å². The van der Waals surface area contributed by atoms with Gasteiger partial charge in [0.1, 0.15) is 5.82 Å². The Morgan fingerprint density at radius 2 is 2.26 bits per heavy atom. The number of likely N-dealkylation sites (N-methyl/N-ethyl adjacent to an activating group) is 1. The number of benzene rings is 1. The van der Waals surface area contributed by atoms with Crippen molar-refractivity contribution in [3.63, 3.8) is 0 Å². The molecule has 1 N–H and O–H groups in total. The standard InChI is InChI=1S/C14H16BrFN2S/c1-3-17-12(13-8-19-9(2)18-13)7-10-5-4-6-11(16)14(10)15/h4-6,8,12,17H,3,7H2,1-2H3. The van der Waals surface area contributed by atoms with E-state index in [9.17, 15) is 4.39 Å². The summed E-state index contributed by atoms with van der Waals surface area (Å²) in [6.45, 7) is 4.91. The Morgan fingerprint density at radius 1 is 1.47 bits per heavy atom. The molecule has 0 aliphatic rings. The number of nitrogens with one attached hydrogen (secondary N) is 1. The first kappa shape index (κ1) is 14.6. The zero-order valence-corrected chi connectivity index (χ0v) is 13.3. The molecule has 0 spiro atoms. The Kier molecular flexibility index (Phi) is 5.07. The highest BCUT2D eigenvalue weighted by Crippen LogP contribution is 2.26. The highest BCUT2D eigenvalue weighted by Gasteiger charge is 2.16. The van der Waals surface area contributed by atoms with Gasteiger partial charge >= 0.3 is 0 Å². The zero-order chi connectivity index (χ0) is 13.8. The van der Waals surface area contributed by atoms with Crippen LogP contribution in [0.25, 0.3) is 0 Å². The predicted molar refractivity (Wildman–Crippen MR) is 81.1 cm³/mol. The minimum Gasteiger partial charge on any atom is -0.309 e. The summed E-state index contributed by atoms with van der Waals surface area (Å²) >= 11 is 4.96. The molecule has 19 heavy (non-hydrogen) atoms. The summed E-state index contributed by atoms with van der Waals surface area (Å²) in [5, 5.41) is 6.53. The number of aryl methyl sites for hydroxylation is 1. The second-order valence-electron chi connectivity index (χ2n) is 4.32. The molecule has 0 fully saturated rings. The number of halogens is 2. The van der Waals surface area contributed by atoms with Crippen LogP contribution < -0.4 is 5.32 Å². The molecular weight excluding hydrogens is 327 g/mol. The minimum absolute atomic E-state index is 0.119. The van der Waals surface area contributed by atoms with Gasteiger partial charge < -0.3 is 5.32 Å². The topological polar surface area (TPSA) is 24.9 Å².